The van der Waals surface area contributed by atoms with Gasteiger partial charge in [-0.05, 0) is 43.3 Å². The van der Waals surface area contributed by atoms with Crippen molar-refractivity contribution in [1.82, 2.24) is 24.4 Å². The Bertz CT molecular complexity index is 1350. The maximum absolute atomic E-state index is 12.8. The fourth-order valence-corrected chi connectivity index (χ4v) is 3.66. The molecule has 0 saturated heterocycles. The largest absolute Gasteiger partial charge is 0.340 e. The van der Waals surface area contributed by atoms with Gasteiger partial charge < -0.3 is 10.6 Å². The molecule has 0 spiro atoms. The molecule has 10 heteroatoms. The van der Waals surface area contributed by atoms with Gasteiger partial charge in [-0.3, -0.25) is 23.9 Å². The number of imidazole rings is 1. The molecule has 3 amide bonds. The van der Waals surface area contributed by atoms with Crippen LogP contribution in [0.4, 0.5) is 17.2 Å². The SMILES string of the molecule is C[C@@H](C(=O)Nc1ccc(Nc2cc(-n3ccnc3)ncn2)cc1)N1C(=O)c2ccccc2C1=O. The van der Waals surface area contributed by atoms with Crippen LogP contribution in [0, 0.1) is 0 Å². The quantitative estimate of drug-likeness (QED) is 0.430. The summed E-state index contributed by atoms with van der Waals surface area (Å²) in [5.74, 6) is -0.142. The Kier molecular flexibility index (Phi) is 5.30. The number of fused-ring (bicyclic) bond motifs is 1. The van der Waals surface area contributed by atoms with Crippen molar-refractivity contribution >= 4 is 34.9 Å². The first-order chi connectivity index (χ1) is 16.5. The number of carbonyl (C=O) groups is 3. The Hall–Kier alpha value is -4.86. The molecule has 0 unspecified atom stereocenters. The van der Waals surface area contributed by atoms with E-state index in [0.717, 1.165) is 10.6 Å². The molecule has 168 valence electrons. The molecule has 34 heavy (non-hydrogen) atoms. The number of amides is 3. The molecule has 1 aliphatic heterocycles. The average Bonchev–Trinajstić information content (AvgIpc) is 3.48. The molecule has 5 rings (SSSR count). The minimum Gasteiger partial charge on any atom is -0.340 e. The van der Waals surface area contributed by atoms with Gasteiger partial charge in [-0.2, -0.15) is 0 Å². The third-order valence-corrected chi connectivity index (χ3v) is 5.44. The lowest BCUT2D eigenvalue weighted by molar-refractivity contribution is -0.119. The molecule has 10 nitrogen and oxygen atoms in total. The van der Waals surface area contributed by atoms with Gasteiger partial charge >= 0.3 is 0 Å². The highest BCUT2D eigenvalue weighted by Crippen LogP contribution is 2.25. The van der Waals surface area contributed by atoms with Crippen molar-refractivity contribution in [3.63, 3.8) is 0 Å². The van der Waals surface area contributed by atoms with Gasteiger partial charge in [0.1, 0.15) is 30.3 Å². The number of rotatable bonds is 6. The van der Waals surface area contributed by atoms with Gasteiger partial charge in [0.2, 0.25) is 5.91 Å². The van der Waals surface area contributed by atoms with Crippen LogP contribution in [-0.2, 0) is 4.79 Å². The Balaban J connectivity index is 1.24. The van der Waals surface area contributed by atoms with Crippen LogP contribution >= 0.6 is 0 Å². The predicted molar refractivity (Wildman–Crippen MR) is 124 cm³/mol. The summed E-state index contributed by atoms with van der Waals surface area (Å²) in [5, 5.41) is 5.94. The molecule has 0 radical (unpaired) electrons. The van der Waals surface area contributed by atoms with Gasteiger partial charge in [-0.1, -0.05) is 12.1 Å². The van der Waals surface area contributed by atoms with Crippen LogP contribution in [0.1, 0.15) is 27.6 Å². The van der Waals surface area contributed by atoms with E-state index in [-0.39, 0.29) is 0 Å². The van der Waals surface area contributed by atoms with E-state index in [0.29, 0.717) is 28.5 Å². The van der Waals surface area contributed by atoms with Crippen molar-refractivity contribution < 1.29 is 14.4 Å². The normalized spacial score (nSPS) is 13.5. The first-order valence-corrected chi connectivity index (χ1v) is 10.5. The highest BCUT2D eigenvalue weighted by Gasteiger charge is 2.40. The second-order valence-corrected chi connectivity index (χ2v) is 7.62. The van der Waals surface area contributed by atoms with Crippen LogP contribution < -0.4 is 10.6 Å². The lowest BCUT2D eigenvalue weighted by Crippen LogP contribution is -2.45. The highest BCUT2D eigenvalue weighted by atomic mass is 16.2. The maximum Gasteiger partial charge on any atom is 0.262 e. The summed E-state index contributed by atoms with van der Waals surface area (Å²) in [4.78, 5) is 51.5. The average molecular weight is 453 g/mol. The van der Waals surface area contributed by atoms with Crippen LogP contribution in [0.2, 0.25) is 0 Å². The molecule has 0 saturated carbocycles. The van der Waals surface area contributed by atoms with Gasteiger partial charge in [0.25, 0.3) is 11.8 Å². The summed E-state index contributed by atoms with van der Waals surface area (Å²) in [5.41, 5.74) is 1.90. The molecule has 4 aromatic rings. The predicted octanol–water partition coefficient (Wildman–Crippen LogP) is 3.03. The third kappa shape index (κ3) is 3.88. The highest BCUT2D eigenvalue weighted by molar-refractivity contribution is 6.23. The summed E-state index contributed by atoms with van der Waals surface area (Å²) in [6, 6.07) is 14.4. The van der Waals surface area contributed by atoms with E-state index in [4.69, 9.17) is 0 Å². The zero-order valence-corrected chi connectivity index (χ0v) is 18.0. The monoisotopic (exact) mass is 453 g/mol. The number of imide groups is 1. The van der Waals surface area contributed by atoms with Gasteiger partial charge in [0.15, 0.2) is 0 Å². The topological polar surface area (TPSA) is 122 Å². The van der Waals surface area contributed by atoms with E-state index in [9.17, 15) is 14.4 Å². The molecule has 0 bridgehead atoms. The molecule has 3 heterocycles. The molecular formula is C24H19N7O3. The Morgan fingerprint density at radius 2 is 1.62 bits per heavy atom. The van der Waals surface area contributed by atoms with E-state index >= 15 is 0 Å². The van der Waals surface area contributed by atoms with Crippen molar-refractivity contribution in [2.75, 3.05) is 10.6 Å². The van der Waals surface area contributed by atoms with E-state index in [2.05, 4.69) is 25.6 Å². The van der Waals surface area contributed by atoms with Crippen molar-refractivity contribution in [2.45, 2.75) is 13.0 Å². The Labute approximate surface area is 194 Å². The molecule has 1 atom stereocenters. The zero-order chi connectivity index (χ0) is 23.7. The van der Waals surface area contributed by atoms with E-state index < -0.39 is 23.8 Å². The smallest absolute Gasteiger partial charge is 0.262 e. The van der Waals surface area contributed by atoms with Crippen LogP contribution in [-0.4, -0.2) is 48.2 Å². The van der Waals surface area contributed by atoms with Crippen LogP contribution in [0.15, 0.2) is 79.6 Å². The summed E-state index contributed by atoms with van der Waals surface area (Å²) in [7, 11) is 0. The zero-order valence-electron chi connectivity index (χ0n) is 18.0. The fraction of sp³-hybridized carbons (Fsp3) is 0.0833. The van der Waals surface area contributed by atoms with Crippen molar-refractivity contribution in [1.29, 1.82) is 0 Å². The van der Waals surface area contributed by atoms with Gasteiger partial charge in [-0.15, -0.1) is 0 Å². The molecule has 0 aliphatic carbocycles. The number of benzene rings is 2. The molecule has 0 fully saturated rings. The summed E-state index contributed by atoms with van der Waals surface area (Å²) in [6.45, 7) is 1.53. The fourth-order valence-electron chi connectivity index (χ4n) is 3.66. The van der Waals surface area contributed by atoms with Crippen LogP contribution in [0.5, 0.6) is 0 Å². The second kappa shape index (κ2) is 8.58. The minimum absolute atomic E-state index is 0.309. The van der Waals surface area contributed by atoms with Crippen molar-refractivity contribution in [2.24, 2.45) is 0 Å². The minimum atomic E-state index is -0.965. The molecule has 1 aliphatic rings. The maximum atomic E-state index is 12.8. The van der Waals surface area contributed by atoms with E-state index in [1.165, 1.54) is 13.3 Å². The van der Waals surface area contributed by atoms with Gasteiger partial charge in [0, 0.05) is 29.8 Å². The van der Waals surface area contributed by atoms with Gasteiger partial charge in [0.05, 0.1) is 11.1 Å². The molecule has 2 aromatic heterocycles. The molecular weight excluding hydrogens is 434 g/mol. The van der Waals surface area contributed by atoms with Crippen molar-refractivity contribution in [3.05, 3.63) is 90.8 Å². The lowest BCUT2D eigenvalue weighted by Gasteiger charge is -2.21. The number of nitrogens with zero attached hydrogens (tertiary/aromatic N) is 5. The van der Waals surface area contributed by atoms with Crippen LogP contribution in [0.3, 0.4) is 0 Å². The second-order valence-electron chi connectivity index (χ2n) is 7.62. The number of hydrogen-bond acceptors (Lipinski definition) is 7. The Morgan fingerprint density at radius 3 is 2.26 bits per heavy atom. The number of anilines is 3. The number of nitrogens with one attached hydrogen (secondary N) is 2. The number of aromatic nitrogens is 4. The summed E-state index contributed by atoms with van der Waals surface area (Å²) in [6.07, 6.45) is 6.55. The Morgan fingerprint density at radius 1 is 0.941 bits per heavy atom. The number of hydrogen-bond donors (Lipinski definition) is 2. The number of carbonyl (C=O) groups excluding carboxylic acids is 3. The molecule has 2 N–H and O–H groups in total. The summed E-state index contributed by atoms with van der Waals surface area (Å²) >= 11 is 0. The first-order valence-electron chi connectivity index (χ1n) is 10.5. The van der Waals surface area contributed by atoms with Crippen molar-refractivity contribution in [3.8, 4) is 5.82 Å². The van der Waals surface area contributed by atoms with E-state index in [1.54, 1.807) is 77.9 Å². The lowest BCUT2D eigenvalue weighted by atomic mass is 10.1. The van der Waals surface area contributed by atoms with Gasteiger partial charge in [-0.25, -0.2) is 15.0 Å². The van der Waals surface area contributed by atoms with Crippen LogP contribution in [0.25, 0.3) is 5.82 Å². The standard InChI is InChI=1S/C24H19N7O3/c1-15(31-23(33)18-4-2-3-5-19(18)24(31)34)22(32)29-17-8-6-16(7-9-17)28-20-12-21(27-13-26-20)30-11-10-25-14-30/h2-15H,1H3,(H,29,32)(H,26,27,28)/t15-/m0/s1. The van der Waals surface area contributed by atoms with E-state index in [1.807, 2.05) is 0 Å². The molecule has 2 aromatic carbocycles. The summed E-state index contributed by atoms with van der Waals surface area (Å²) < 4.78 is 1.76. The third-order valence-electron chi connectivity index (χ3n) is 5.44. The first kappa shape index (κ1) is 21.0.